The molecule has 0 saturated carbocycles. The van der Waals surface area contributed by atoms with Crippen molar-refractivity contribution in [2.24, 2.45) is 5.92 Å². The zero-order chi connectivity index (χ0) is 14.7. The molecule has 1 aromatic heterocycles. The number of hydrogen-bond donors (Lipinski definition) is 2. The van der Waals surface area contributed by atoms with Crippen LogP contribution in [0.3, 0.4) is 0 Å². The number of nitrogens with two attached hydrogens (primary N) is 1. The highest BCUT2D eigenvalue weighted by Crippen LogP contribution is 2.22. The van der Waals surface area contributed by atoms with Crippen LogP contribution in [0.4, 0.5) is 11.5 Å². The largest absolute Gasteiger partial charge is 0.465 e. The van der Waals surface area contributed by atoms with Crippen molar-refractivity contribution in [3.8, 4) is 0 Å². The van der Waals surface area contributed by atoms with E-state index in [9.17, 15) is 4.79 Å². The number of nitrogens with zero attached hydrogens (tertiary/aromatic N) is 2. The molecular formula is C14H22N4O2. The van der Waals surface area contributed by atoms with Gasteiger partial charge in [-0.3, -0.25) is 0 Å². The Morgan fingerprint density at radius 2 is 2.35 bits per heavy atom. The van der Waals surface area contributed by atoms with Gasteiger partial charge in [0, 0.05) is 12.6 Å². The van der Waals surface area contributed by atoms with Crippen molar-refractivity contribution in [3.05, 3.63) is 17.8 Å². The van der Waals surface area contributed by atoms with Gasteiger partial charge in [0.15, 0.2) is 0 Å². The second-order valence-corrected chi connectivity index (χ2v) is 5.43. The second kappa shape index (κ2) is 6.09. The maximum absolute atomic E-state index is 11.6. The zero-order valence-corrected chi connectivity index (χ0v) is 12.2. The number of piperidine rings is 1. The van der Waals surface area contributed by atoms with Gasteiger partial charge < -0.3 is 20.7 Å². The first-order valence-electron chi connectivity index (χ1n) is 6.80. The van der Waals surface area contributed by atoms with E-state index in [1.54, 1.807) is 6.07 Å². The van der Waals surface area contributed by atoms with E-state index in [1.807, 2.05) is 0 Å². The van der Waals surface area contributed by atoms with Crippen LogP contribution in [0.5, 0.6) is 0 Å². The normalized spacial score (nSPS) is 23.4. The molecule has 1 fully saturated rings. The molecule has 2 atom stereocenters. The molecule has 1 aromatic rings. The lowest BCUT2D eigenvalue weighted by Gasteiger charge is -2.35. The summed E-state index contributed by atoms with van der Waals surface area (Å²) in [5, 5.41) is 3.40. The number of likely N-dealkylation sites (tertiary alicyclic amines) is 1. The summed E-state index contributed by atoms with van der Waals surface area (Å²) in [6.07, 6.45) is 2.55. The average Bonchev–Trinajstić information content (AvgIpc) is 2.43. The van der Waals surface area contributed by atoms with E-state index in [0.29, 0.717) is 29.0 Å². The predicted octanol–water partition coefficient (Wildman–Crippen LogP) is 1.20. The molecule has 1 aliphatic rings. The molecule has 2 rings (SSSR count). The van der Waals surface area contributed by atoms with Gasteiger partial charge >= 0.3 is 5.97 Å². The first-order chi connectivity index (χ1) is 9.51. The van der Waals surface area contributed by atoms with Gasteiger partial charge in [-0.05, 0) is 32.0 Å². The Morgan fingerprint density at radius 1 is 1.60 bits per heavy atom. The van der Waals surface area contributed by atoms with Crippen molar-refractivity contribution in [2.75, 3.05) is 38.3 Å². The molecular weight excluding hydrogens is 256 g/mol. The number of methoxy groups -OCH3 is 1. The highest BCUT2D eigenvalue weighted by Gasteiger charge is 2.24. The number of aromatic nitrogens is 1. The summed E-state index contributed by atoms with van der Waals surface area (Å²) in [5.41, 5.74) is 6.43. The van der Waals surface area contributed by atoms with Gasteiger partial charge in [0.1, 0.15) is 5.82 Å². The minimum absolute atomic E-state index is 0.332. The van der Waals surface area contributed by atoms with Crippen molar-refractivity contribution in [1.29, 1.82) is 0 Å². The third kappa shape index (κ3) is 3.19. The van der Waals surface area contributed by atoms with Crippen molar-refractivity contribution in [1.82, 2.24) is 9.88 Å². The lowest BCUT2D eigenvalue weighted by atomic mass is 9.94. The summed E-state index contributed by atoms with van der Waals surface area (Å²) >= 11 is 0. The van der Waals surface area contributed by atoms with E-state index in [1.165, 1.54) is 13.3 Å². The predicted molar refractivity (Wildman–Crippen MR) is 78.7 cm³/mol. The van der Waals surface area contributed by atoms with E-state index in [0.717, 1.165) is 19.5 Å². The smallest absolute Gasteiger partial charge is 0.340 e. The van der Waals surface area contributed by atoms with Crippen LogP contribution in [0.25, 0.3) is 0 Å². The van der Waals surface area contributed by atoms with Crippen molar-refractivity contribution < 1.29 is 9.53 Å². The molecule has 3 N–H and O–H groups in total. The van der Waals surface area contributed by atoms with Crippen LogP contribution in [0, 0.1) is 5.92 Å². The number of nitrogen functional groups attached to an aromatic ring is 1. The monoisotopic (exact) mass is 278 g/mol. The summed E-state index contributed by atoms with van der Waals surface area (Å²) in [6, 6.07) is 2.01. The fourth-order valence-electron chi connectivity index (χ4n) is 2.59. The van der Waals surface area contributed by atoms with Gasteiger partial charge in [-0.1, -0.05) is 6.92 Å². The third-order valence-corrected chi connectivity index (χ3v) is 3.78. The highest BCUT2D eigenvalue weighted by atomic mass is 16.5. The number of ether oxygens (including phenoxy) is 1. The summed E-state index contributed by atoms with van der Waals surface area (Å²) in [5.74, 6) is 0.750. The van der Waals surface area contributed by atoms with Crippen LogP contribution in [0.1, 0.15) is 23.7 Å². The Kier molecular flexibility index (Phi) is 4.44. The lowest BCUT2D eigenvalue weighted by Crippen LogP contribution is -2.43. The molecule has 0 radical (unpaired) electrons. The molecule has 6 heteroatoms. The van der Waals surface area contributed by atoms with E-state index in [2.05, 4.69) is 29.2 Å². The molecule has 0 amide bonds. The van der Waals surface area contributed by atoms with Crippen molar-refractivity contribution in [2.45, 2.75) is 19.4 Å². The lowest BCUT2D eigenvalue weighted by molar-refractivity contribution is 0.0602. The molecule has 0 aliphatic carbocycles. The van der Waals surface area contributed by atoms with Gasteiger partial charge in [0.25, 0.3) is 0 Å². The quantitative estimate of drug-likeness (QED) is 0.809. The highest BCUT2D eigenvalue weighted by molar-refractivity contribution is 5.95. The number of pyridine rings is 1. The maximum Gasteiger partial charge on any atom is 0.340 e. The summed E-state index contributed by atoms with van der Waals surface area (Å²) in [6.45, 7) is 4.32. The number of esters is 1. The molecule has 1 saturated heterocycles. The SMILES string of the molecule is COC(=O)c1cc(NC2CCN(C)CC2C)ncc1N. The van der Waals surface area contributed by atoms with Gasteiger partial charge in [0.05, 0.1) is 24.6 Å². The summed E-state index contributed by atoms with van der Waals surface area (Å²) in [7, 11) is 3.47. The van der Waals surface area contributed by atoms with Gasteiger partial charge in [-0.15, -0.1) is 0 Å². The molecule has 2 heterocycles. The number of carbonyl (C=O) groups is 1. The summed E-state index contributed by atoms with van der Waals surface area (Å²) in [4.78, 5) is 18.2. The molecule has 0 bridgehead atoms. The molecule has 0 aromatic carbocycles. The minimum Gasteiger partial charge on any atom is -0.465 e. The first kappa shape index (κ1) is 14.6. The van der Waals surface area contributed by atoms with Crippen LogP contribution in [0.15, 0.2) is 12.3 Å². The molecule has 6 nitrogen and oxygen atoms in total. The zero-order valence-electron chi connectivity index (χ0n) is 12.2. The van der Waals surface area contributed by atoms with Crippen LogP contribution >= 0.6 is 0 Å². The Bertz CT molecular complexity index is 492. The Labute approximate surface area is 119 Å². The van der Waals surface area contributed by atoms with Crippen LogP contribution in [-0.2, 0) is 4.74 Å². The number of carbonyl (C=O) groups excluding carboxylic acids is 1. The topological polar surface area (TPSA) is 80.5 Å². The second-order valence-electron chi connectivity index (χ2n) is 5.43. The Morgan fingerprint density at radius 3 is 3.00 bits per heavy atom. The fourth-order valence-corrected chi connectivity index (χ4v) is 2.59. The number of anilines is 2. The maximum atomic E-state index is 11.6. The number of hydrogen-bond acceptors (Lipinski definition) is 6. The molecule has 0 spiro atoms. The van der Waals surface area contributed by atoms with Crippen molar-refractivity contribution in [3.63, 3.8) is 0 Å². The molecule has 2 unspecified atom stereocenters. The number of nitrogens with one attached hydrogen (secondary N) is 1. The number of rotatable bonds is 3. The van der Waals surface area contributed by atoms with Gasteiger partial charge in [-0.2, -0.15) is 0 Å². The van der Waals surface area contributed by atoms with Gasteiger partial charge in [-0.25, -0.2) is 9.78 Å². The molecule has 110 valence electrons. The van der Waals surface area contributed by atoms with E-state index >= 15 is 0 Å². The van der Waals surface area contributed by atoms with E-state index in [-0.39, 0.29) is 0 Å². The average molecular weight is 278 g/mol. The minimum atomic E-state index is -0.440. The van der Waals surface area contributed by atoms with Crippen molar-refractivity contribution >= 4 is 17.5 Å². The molecule has 20 heavy (non-hydrogen) atoms. The third-order valence-electron chi connectivity index (χ3n) is 3.78. The van der Waals surface area contributed by atoms with Crippen LogP contribution in [0.2, 0.25) is 0 Å². The van der Waals surface area contributed by atoms with E-state index < -0.39 is 5.97 Å². The fraction of sp³-hybridized carbons (Fsp3) is 0.571. The Balaban J connectivity index is 2.12. The van der Waals surface area contributed by atoms with Gasteiger partial charge in [0.2, 0.25) is 0 Å². The van der Waals surface area contributed by atoms with Crippen LogP contribution in [-0.4, -0.2) is 49.1 Å². The Hall–Kier alpha value is -1.82. The van der Waals surface area contributed by atoms with Crippen LogP contribution < -0.4 is 11.1 Å². The standard InChI is InChI=1S/C14H22N4O2/c1-9-8-18(2)5-4-12(9)17-13-6-10(14(19)20-3)11(15)7-16-13/h6-7,9,12H,4-5,8,15H2,1-3H3,(H,16,17). The van der Waals surface area contributed by atoms with E-state index in [4.69, 9.17) is 10.5 Å². The summed E-state index contributed by atoms with van der Waals surface area (Å²) < 4.78 is 4.72. The molecule has 1 aliphatic heterocycles. The first-order valence-corrected chi connectivity index (χ1v) is 6.80.